The average Bonchev–Trinajstić information content (AvgIpc) is 2.93. The maximum Gasteiger partial charge on any atom is 0.254 e. The van der Waals surface area contributed by atoms with Gasteiger partial charge in [0.25, 0.3) is 5.91 Å². The predicted molar refractivity (Wildman–Crippen MR) is 77.7 cm³/mol. The molecule has 110 valence electrons. The molecule has 0 saturated carbocycles. The van der Waals surface area contributed by atoms with Crippen molar-refractivity contribution in [3.05, 3.63) is 48.4 Å². The third-order valence-corrected chi connectivity index (χ3v) is 2.90. The van der Waals surface area contributed by atoms with Crippen LogP contribution in [0.3, 0.4) is 0 Å². The first kappa shape index (κ1) is 14.9. The molecule has 0 fully saturated rings. The highest BCUT2D eigenvalue weighted by Gasteiger charge is 2.15. The summed E-state index contributed by atoms with van der Waals surface area (Å²) in [5.74, 6) is 0.737. The van der Waals surface area contributed by atoms with Gasteiger partial charge in [-0.05, 0) is 12.1 Å². The third kappa shape index (κ3) is 3.55. The maximum atomic E-state index is 12.4. The van der Waals surface area contributed by atoms with Crippen LogP contribution in [0.15, 0.2) is 41.4 Å². The molecule has 21 heavy (non-hydrogen) atoms. The van der Waals surface area contributed by atoms with Crippen LogP contribution in [0.5, 0.6) is 0 Å². The van der Waals surface area contributed by atoms with Crippen molar-refractivity contribution >= 4 is 5.91 Å². The predicted octanol–water partition coefficient (Wildman–Crippen LogP) is 1.67. The number of nitrogens with zero attached hydrogens (tertiary/aromatic N) is 3. The highest BCUT2D eigenvalue weighted by Crippen LogP contribution is 2.18. The molecule has 0 aliphatic heterocycles. The topological polar surface area (TPSA) is 79.5 Å². The molecular weight excluding hydrogens is 270 g/mol. The van der Waals surface area contributed by atoms with Crippen molar-refractivity contribution in [2.45, 2.75) is 6.92 Å². The van der Waals surface area contributed by atoms with Crippen molar-refractivity contribution in [1.29, 1.82) is 0 Å². The molecule has 2 aromatic rings. The molecule has 1 aromatic carbocycles. The number of aryl methyl sites for hydroxylation is 1. The van der Waals surface area contributed by atoms with E-state index in [0.29, 0.717) is 29.4 Å². The zero-order valence-electron chi connectivity index (χ0n) is 11.8. The van der Waals surface area contributed by atoms with Gasteiger partial charge in [-0.15, -0.1) is 6.58 Å². The van der Waals surface area contributed by atoms with Crippen LogP contribution < -0.4 is 0 Å². The minimum absolute atomic E-state index is 0.0939. The van der Waals surface area contributed by atoms with Crippen molar-refractivity contribution in [2.75, 3.05) is 19.7 Å². The largest absolute Gasteiger partial charge is 0.395 e. The van der Waals surface area contributed by atoms with Crippen LogP contribution in [-0.4, -0.2) is 45.8 Å². The zero-order chi connectivity index (χ0) is 15.2. The van der Waals surface area contributed by atoms with Gasteiger partial charge in [-0.2, -0.15) is 4.98 Å². The first-order valence-corrected chi connectivity index (χ1v) is 6.57. The van der Waals surface area contributed by atoms with Crippen LogP contribution >= 0.6 is 0 Å². The molecule has 0 spiro atoms. The first-order chi connectivity index (χ1) is 10.2. The summed E-state index contributed by atoms with van der Waals surface area (Å²) < 4.78 is 4.94. The number of aliphatic hydroxyl groups excluding tert-OH is 1. The molecule has 6 heteroatoms. The molecule has 1 heterocycles. The Hall–Kier alpha value is -2.47. The van der Waals surface area contributed by atoms with Crippen LogP contribution in [-0.2, 0) is 0 Å². The number of rotatable bonds is 6. The van der Waals surface area contributed by atoms with Crippen LogP contribution in [0, 0.1) is 6.92 Å². The Balaban J connectivity index is 2.27. The fourth-order valence-corrected chi connectivity index (χ4v) is 1.94. The minimum atomic E-state index is -0.175. The van der Waals surface area contributed by atoms with E-state index in [1.165, 1.54) is 4.90 Å². The van der Waals surface area contributed by atoms with Gasteiger partial charge < -0.3 is 14.5 Å². The Kier molecular flexibility index (Phi) is 4.84. The van der Waals surface area contributed by atoms with E-state index < -0.39 is 0 Å². The Morgan fingerprint density at radius 3 is 2.95 bits per heavy atom. The molecule has 0 aliphatic rings. The summed E-state index contributed by atoms with van der Waals surface area (Å²) in [5, 5.41) is 12.9. The molecule has 1 aromatic heterocycles. The van der Waals surface area contributed by atoms with Gasteiger partial charge in [0.15, 0.2) is 0 Å². The van der Waals surface area contributed by atoms with E-state index in [-0.39, 0.29) is 19.1 Å². The molecule has 6 nitrogen and oxygen atoms in total. The molecule has 2 rings (SSSR count). The monoisotopic (exact) mass is 287 g/mol. The van der Waals surface area contributed by atoms with Crippen molar-refractivity contribution in [2.24, 2.45) is 0 Å². The average molecular weight is 287 g/mol. The summed E-state index contributed by atoms with van der Waals surface area (Å²) in [6.45, 7) is 5.87. The van der Waals surface area contributed by atoms with Crippen LogP contribution in [0.4, 0.5) is 0 Å². The second kappa shape index (κ2) is 6.81. The Bertz CT molecular complexity index is 637. The zero-order valence-corrected chi connectivity index (χ0v) is 11.8. The molecule has 0 radical (unpaired) electrons. The molecule has 0 bridgehead atoms. The minimum Gasteiger partial charge on any atom is -0.395 e. The summed E-state index contributed by atoms with van der Waals surface area (Å²) in [4.78, 5) is 18.1. The normalized spacial score (nSPS) is 10.4. The van der Waals surface area contributed by atoms with Gasteiger partial charge in [-0.3, -0.25) is 4.79 Å². The molecule has 0 aliphatic carbocycles. The number of hydrogen-bond acceptors (Lipinski definition) is 5. The third-order valence-electron chi connectivity index (χ3n) is 2.90. The van der Waals surface area contributed by atoms with Crippen molar-refractivity contribution in [3.8, 4) is 11.4 Å². The molecule has 1 N–H and O–H groups in total. The van der Waals surface area contributed by atoms with E-state index in [0.717, 1.165) is 0 Å². The van der Waals surface area contributed by atoms with Gasteiger partial charge in [0, 0.05) is 31.1 Å². The lowest BCUT2D eigenvalue weighted by atomic mass is 10.1. The lowest BCUT2D eigenvalue weighted by Gasteiger charge is -2.20. The second-order valence-electron chi connectivity index (χ2n) is 4.48. The van der Waals surface area contributed by atoms with Crippen LogP contribution in [0.2, 0.25) is 0 Å². The van der Waals surface area contributed by atoms with Crippen LogP contribution in [0.25, 0.3) is 11.4 Å². The standard InChI is InChI=1S/C15H17N3O3/c1-3-7-18(8-9-19)15(20)13-6-4-5-12(10-13)14-16-11(2)21-17-14/h3-6,10,19H,1,7-9H2,2H3. The quantitative estimate of drug-likeness (QED) is 0.817. The Morgan fingerprint density at radius 2 is 2.33 bits per heavy atom. The van der Waals surface area contributed by atoms with E-state index >= 15 is 0 Å². The SMILES string of the molecule is C=CCN(CCO)C(=O)c1cccc(-c2noc(C)n2)c1. The number of benzene rings is 1. The van der Waals surface area contributed by atoms with Crippen LogP contribution in [0.1, 0.15) is 16.2 Å². The van der Waals surface area contributed by atoms with Gasteiger partial charge >= 0.3 is 0 Å². The van der Waals surface area contributed by atoms with Crippen molar-refractivity contribution < 1.29 is 14.4 Å². The number of amides is 1. The van der Waals surface area contributed by atoms with E-state index in [4.69, 9.17) is 9.63 Å². The number of carbonyl (C=O) groups excluding carboxylic acids is 1. The lowest BCUT2D eigenvalue weighted by Crippen LogP contribution is -2.33. The summed E-state index contributed by atoms with van der Waals surface area (Å²) in [6.07, 6.45) is 1.62. The van der Waals surface area contributed by atoms with E-state index in [1.54, 1.807) is 31.2 Å². The number of hydrogen-bond donors (Lipinski definition) is 1. The fraction of sp³-hybridized carbons (Fsp3) is 0.267. The Morgan fingerprint density at radius 1 is 1.52 bits per heavy atom. The summed E-state index contributed by atoms with van der Waals surface area (Å²) in [7, 11) is 0. The lowest BCUT2D eigenvalue weighted by molar-refractivity contribution is 0.0743. The Labute approximate surface area is 122 Å². The van der Waals surface area contributed by atoms with Crippen molar-refractivity contribution in [1.82, 2.24) is 15.0 Å². The highest BCUT2D eigenvalue weighted by atomic mass is 16.5. The first-order valence-electron chi connectivity index (χ1n) is 6.57. The maximum absolute atomic E-state index is 12.4. The van der Waals surface area contributed by atoms with Gasteiger partial charge in [0.1, 0.15) is 0 Å². The molecule has 0 atom stereocenters. The summed E-state index contributed by atoms with van der Waals surface area (Å²) >= 11 is 0. The molecule has 1 amide bonds. The smallest absolute Gasteiger partial charge is 0.254 e. The number of carbonyl (C=O) groups is 1. The van der Waals surface area contributed by atoms with Gasteiger partial charge in [0.2, 0.25) is 11.7 Å². The second-order valence-corrected chi connectivity index (χ2v) is 4.48. The van der Waals surface area contributed by atoms with Crippen molar-refractivity contribution in [3.63, 3.8) is 0 Å². The fourth-order valence-electron chi connectivity index (χ4n) is 1.94. The van der Waals surface area contributed by atoms with Gasteiger partial charge in [0.05, 0.1) is 6.61 Å². The van der Waals surface area contributed by atoms with Gasteiger partial charge in [-0.1, -0.05) is 23.4 Å². The van der Waals surface area contributed by atoms with E-state index in [2.05, 4.69) is 16.7 Å². The molecular formula is C15H17N3O3. The molecule has 0 unspecified atom stereocenters. The summed E-state index contributed by atoms with van der Waals surface area (Å²) in [5.41, 5.74) is 1.21. The number of aliphatic hydroxyl groups is 1. The van der Waals surface area contributed by atoms with E-state index in [9.17, 15) is 4.79 Å². The summed E-state index contributed by atoms with van der Waals surface area (Å²) in [6, 6.07) is 7.00. The van der Waals surface area contributed by atoms with E-state index in [1.807, 2.05) is 6.07 Å². The highest BCUT2D eigenvalue weighted by molar-refractivity contribution is 5.95. The number of aromatic nitrogens is 2. The molecule has 0 saturated heterocycles. The van der Waals surface area contributed by atoms with Gasteiger partial charge in [-0.25, -0.2) is 0 Å².